The lowest BCUT2D eigenvalue weighted by Crippen LogP contribution is -2.31. The van der Waals surface area contributed by atoms with E-state index >= 15 is 0 Å². The standard InChI is InChI=1S/C9H6F3N5O4/c10-9(11,12)7(21)16-8-14-5-4(6(20)15-8)13-2-17(5)1-3(18)19/h2H,1H2,(H,18,19)(H2,14,15,16,20,21). The summed E-state index contributed by atoms with van der Waals surface area (Å²) in [6, 6.07) is 0. The Morgan fingerprint density at radius 1 is 1.43 bits per heavy atom. The molecule has 0 aliphatic carbocycles. The Kier molecular flexibility index (Phi) is 3.37. The van der Waals surface area contributed by atoms with E-state index in [0.717, 1.165) is 10.9 Å². The molecule has 112 valence electrons. The molecule has 0 saturated heterocycles. The molecule has 2 aromatic heterocycles. The lowest BCUT2D eigenvalue weighted by molar-refractivity contribution is -0.167. The predicted molar refractivity (Wildman–Crippen MR) is 60.5 cm³/mol. The van der Waals surface area contributed by atoms with Crippen LogP contribution >= 0.6 is 0 Å². The zero-order chi connectivity index (χ0) is 15.8. The molecular weight excluding hydrogens is 299 g/mol. The van der Waals surface area contributed by atoms with Gasteiger partial charge in [-0.1, -0.05) is 0 Å². The van der Waals surface area contributed by atoms with Crippen molar-refractivity contribution in [2.24, 2.45) is 0 Å². The van der Waals surface area contributed by atoms with Crippen LogP contribution in [0.5, 0.6) is 0 Å². The molecule has 0 unspecified atom stereocenters. The molecule has 3 N–H and O–H groups in total. The number of rotatable bonds is 3. The van der Waals surface area contributed by atoms with Gasteiger partial charge in [0.05, 0.1) is 6.33 Å². The normalized spacial score (nSPS) is 11.6. The molecule has 0 aromatic carbocycles. The van der Waals surface area contributed by atoms with Crippen molar-refractivity contribution >= 4 is 29.0 Å². The quantitative estimate of drug-likeness (QED) is 0.714. The van der Waals surface area contributed by atoms with Crippen LogP contribution in [0.15, 0.2) is 11.1 Å². The second-order valence-corrected chi connectivity index (χ2v) is 3.80. The van der Waals surface area contributed by atoms with Crippen LogP contribution in [-0.4, -0.2) is 42.7 Å². The maximum Gasteiger partial charge on any atom is 0.471 e. The zero-order valence-electron chi connectivity index (χ0n) is 9.93. The van der Waals surface area contributed by atoms with Crippen LogP contribution in [0.25, 0.3) is 11.2 Å². The van der Waals surface area contributed by atoms with Gasteiger partial charge in [0.25, 0.3) is 5.56 Å². The van der Waals surface area contributed by atoms with Gasteiger partial charge in [-0.2, -0.15) is 18.2 Å². The van der Waals surface area contributed by atoms with E-state index in [0.29, 0.717) is 0 Å². The lowest BCUT2D eigenvalue weighted by atomic mass is 10.5. The summed E-state index contributed by atoms with van der Waals surface area (Å²) in [7, 11) is 0. The third-order valence-electron chi connectivity index (χ3n) is 2.27. The highest BCUT2D eigenvalue weighted by Gasteiger charge is 2.39. The van der Waals surface area contributed by atoms with Gasteiger partial charge in [-0.15, -0.1) is 0 Å². The van der Waals surface area contributed by atoms with Crippen molar-refractivity contribution in [3.63, 3.8) is 0 Å². The summed E-state index contributed by atoms with van der Waals surface area (Å²) in [5.74, 6) is -4.35. The topological polar surface area (TPSA) is 130 Å². The Bertz CT molecular complexity index is 778. The van der Waals surface area contributed by atoms with Crippen LogP contribution in [0.2, 0.25) is 0 Å². The minimum absolute atomic E-state index is 0.263. The Morgan fingerprint density at radius 3 is 2.67 bits per heavy atom. The molecule has 0 radical (unpaired) electrons. The van der Waals surface area contributed by atoms with Gasteiger partial charge in [-0.25, -0.2) is 4.98 Å². The van der Waals surface area contributed by atoms with Gasteiger partial charge in [-0.05, 0) is 0 Å². The highest BCUT2D eigenvalue weighted by molar-refractivity contribution is 5.93. The molecule has 0 saturated carbocycles. The zero-order valence-corrected chi connectivity index (χ0v) is 9.93. The number of nitrogens with one attached hydrogen (secondary N) is 2. The van der Waals surface area contributed by atoms with E-state index < -0.39 is 36.1 Å². The number of anilines is 1. The van der Waals surface area contributed by atoms with Gasteiger partial charge < -0.3 is 9.67 Å². The molecule has 9 nitrogen and oxygen atoms in total. The molecule has 12 heteroatoms. The first-order valence-electron chi connectivity index (χ1n) is 5.23. The first kappa shape index (κ1) is 14.5. The minimum atomic E-state index is -5.16. The second kappa shape index (κ2) is 4.88. The number of fused-ring (bicyclic) bond motifs is 1. The van der Waals surface area contributed by atoms with Gasteiger partial charge in [0.15, 0.2) is 11.2 Å². The summed E-state index contributed by atoms with van der Waals surface area (Å²) in [5.41, 5.74) is -1.44. The summed E-state index contributed by atoms with van der Waals surface area (Å²) in [6.07, 6.45) is -4.16. The SMILES string of the molecule is O=C(O)Cn1cnc2c(=O)[nH]c(NC(=O)C(F)(F)F)nc21. The van der Waals surface area contributed by atoms with E-state index in [4.69, 9.17) is 5.11 Å². The third-order valence-corrected chi connectivity index (χ3v) is 2.27. The number of aliphatic carboxylic acids is 1. The van der Waals surface area contributed by atoms with Crippen molar-refractivity contribution in [3.8, 4) is 0 Å². The first-order valence-corrected chi connectivity index (χ1v) is 5.23. The first-order chi connectivity index (χ1) is 9.68. The number of H-pyrrole nitrogens is 1. The molecule has 1 amide bonds. The Labute approximate surface area is 112 Å². The number of aromatic nitrogens is 4. The highest BCUT2D eigenvalue weighted by Crippen LogP contribution is 2.16. The van der Waals surface area contributed by atoms with E-state index in [-0.39, 0.29) is 11.2 Å². The molecule has 2 heterocycles. The van der Waals surface area contributed by atoms with Crippen LogP contribution in [0.1, 0.15) is 0 Å². The fraction of sp³-hybridized carbons (Fsp3) is 0.222. The number of hydrogen-bond acceptors (Lipinski definition) is 5. The molecule has 2 rings (SSSR count). The fourth-order valence-corrected chi connectivity index (χ4v) is 1.45. The van der Waals surface area contributed by atoms with Crippen LogP contribution in [0.3, 0.4) is 0 Å². The number of carboxylic acids is 1. The molecule has 0 spiro atoms. The number of aromatic amines is 1. The van der Waals surface area contributed by atoms with E-state index in [1.54, 1.807) is 0 Å². The van der Waals surface area contributed by atoms with Gasteiger partial charge in [0.2, 0.25) is 5.95 Å². The number of carboxylic acid groups (broad SMARTS) is 1. The van der Waals surface area contributed by atoms with Gasteiger partial charge in [0, 0.05) is 0 Å². The number of alkyl halides is 3. The number of imidazole rings is 1. The van der Waals surface area contributed by atoms with Gasteiger partial charge >= 0.3 is 18.1 Å². The summed E-state index contributed by atoms with van der Waals surface area (Å²) < 4.78 is 37.3. The van der Waals surface area contributed by atoms with Crippen molar-refractivity contribution in [3.05, 3.63) is 16.7 Å². The maximum atomic E-state index is 12.1. The predicted octanol–water partition coefficient (Wildman–Crippen LogP) is -0.295. The molecule has 0 aliphatic rings. The van der Waals surface area contributed by atoms with Crippen LogP contribution < -0.4 is 10.9 Å². The lowest BCUT2D eigenvalue weighted by Gasteiger charge is -2.07. The van der Waals surface area contributed by atoms with Crippen molar-refractivity contribution in [1.29, 1.82) is 0 Å². The average molecular weight is 305 g/mol. The number of nitrogens with zero attached hydrogens (tertiary/aromatic N) is 3. The molecular formula is C9H6F3N5O4. The Hall–Kier alpha value is -2.92. The number of halogens is 3. The van der Waals surface area contributed by atoms with Crippen LogP contribution in [0, 0.1) is 0 Å². The van der Waals surface area contributed by atoms with E-state index in [1.165, 1.54) is 5.32 Å². The molecule has 21 heavy (non-hydrogen) atoms. The van der Waals surface area contributed by atoms with E-state index in [9.17, 15) is 27.6 Å². The van der Waals surface area contributed by atoms with E-state index in [2.05, 4.69) is 9.97 Å². The summed E-state index contributed by atoms with van der Waals surface area (Å²) in [6.45, 7) is -0.598. The monoisotopic (exact) mass is 305 g/mol. The largest absolute Gasteiger partial charge is 0.480 e. The van der Waals surface area contributed by atoms with Crippen molar-refractivity contribution in [2.45, 2.75) is 12.7 Å². The molecule has 0 bridgehead atoms. The van der Waals surface area contributed by atoms with Gasteiger partial charge in [0.1, 0.15) is 6.54 Å². The summed E-state index contributed by atoms with van der Waals surface area (Å²) in [5, 5.41) is 10.0. The van der Waals surface area contributed by atoms with E-state index in [1.807, 2.05) is 4.98 Å². The molecule has 2 aromatic rings. The molecule has 0 fully saturated rings. The van der Waals surface area contributed by atoms with Crippen molar-refractivity contribution in [1.82, 2.24) is 19.5 Å². The number of carbonyl (C=O) groups is 2. The van der Waals surface area contributed by atoms with Crippen molar-refractivity contribution in [2.75, 3.05) is 5.32 Å². The summed E-state index contributed by atoms with van der Waals surface area (Å²) >= 11 is 0. The average Bonchev–Trinajstić information content (AvgIpc) is 2.71. The molecule has 0 atom stereocenters. The molecule has 0 aliphatic heterocycles. The smallest absolute Gasteiger partial charge is 0.471 e. The maximum absolute atomic E-state index is 12.1. The van der Waals surface area contributed by atoms with Crippen LogP contribution in [-0.2, 0) is 16.1 Å². The Morgan fingerprint density at radius 2 is 2.10 bits per heavy atom. The fourth-order valence-electron chi connectivity index (χ4n) is 1.45. The minimum Gasteiger partial charge on any atom is -0.480 e. The number of amides is 1. The van der Waals surface area contributed by atoms with Crippen LogP contribution in [0.4, 0.5) is 19.1 Å². The third kappa shape index (κ3) is 2.98. The number of carbonyl (C=O) groups excluding carboxylic acids is 1. The van der Waals surface area contributed by atoms with Gasteiger partial charge in [-0.3, -0.25) is 24.7 Å². The number of hydrogen-bond donors (Lipinski definition) is 3. The summed E-state index contributed by atoms with van der Waals surface area (Å²) in [4.78, 5) is 42.0. The van der Waals surface area contributed by atoms with Crippen molar-refractivity contribution < 1.29 is 27.9 Å². The Balaban J connectivity index is 2.45. The second-order valence-electron chi connectivity index (χ2n) is 3.80. The highest BCUT2D eigenvalue weighted by atomic mass is 19.4.